The van der Waals surface area contributed by atoms with E-state index >= 15 is 0 Å². The molecule has 1 N–H and O–H groups in total. The van der Waals surface area contributed by atoms with Gasteiger partial charge in [-0.05, 0) is 18.1 Å². The van der Waals surface area contributed by atoms with Crippen LogP contribution in [-0.2, 0) is 25.5 Å². The van der Waals surface area contributed by atoms with Crippen LogP contribution < -0.4 is 5.32 Å². The van der Waals surface area contributed by atoms with E-state index in [0.717, 1.165) is 11.1 Å². The summed E-state index contributed by atoms with van der Waals surface area (Å²) in [5.74, 6) is -0.358. The molecule has 3 rings (SSSR count). The second-order valence-electron chi connectivity index (χ2n) is 5.74. The number of carbonyl (C=O) groups is 3. The van der Waals surface area contributed by atoms with Gasteiger partial charge < -0.3 is 10.1 Å². The van der Waals surface area contributed by atoms with Crippen LogP contribution in [0.4, 0.5) is 0 Å². The number of hydrogen-bond acceptors (Lipinski definition) is 5. The Hall–Kier alpha value is -2.28. The minimum atomic E-state index is -0.598. The van der Waals surface area contributed by atoms with Crippen molar-refractivity contribution in [2.45, 2.75) is 24.8 Å². The third kappa shape index (κ3) is 2.91. The molecule has 2 amide bonds. The van der Waals surface area contributed by atoms with E-state index in [9.17, 15) is 14.4 Å². The molecule has 6 nitrogen and oxygen atoms in total. The van der Waals surface area contributed by atoms with Crippen molar-refractivity contribution in [2.75, 3.05) is 12.9 Å². The quantitative estimate of drug-likeness (QED) is 0.652. The molecule has 1 aromatic rings. The Balaban J connectivity index is 1.67. The van der Waals surface area contributed by atoms with Crippen molar-refractivity contribution >= 4 is 29.5 Å². The fraction of sp³-hybridized carbons (Fsp3) is 0.353. The molecule has 126 valence electrons. The van der Waals surface area contributed by atoms with Gasteiger partial charge in [0.2, 0.25) is 5.91 Å². The number of benzene rings is 1. The van der Waals surface area contributed by atoms with Crippen molar-refractivity contribution in [3.8, 4) is 0 Å². The Labute approximate surface area is 144 Å². The zero-order valence-corrected chi connectivity index (χ0v) is 14.3. The second kappa shape index (κ2) is 6.68. The summed E-state index contributed by atoms with van der Waals surface area (Å²) < 4.78 is 4.77. The lowest BCUT2D eigenvalue weighted by Gasteiger charge is -2.49. The maximum absolute atomic E-state index is 12.4. The molecule has 0 aromatic heterocycles. The van der Waals surface area contributed by atoms with E-state index in [1.54, 1.807) is 0 Å². The first kappa shape index (κ1) is 16.6. The molecule has 0 bridgehead atoms. The Kier molecular flexibility index (Phi) is 4.62. The van der Waals surface area contributed by atoms with Crippen molar-refractivity contribution < 1.29 is 19.1 Å². The Bertz CT molecular complexity index is 717. The molecule has 0 spiro atoms. The Morgan fingerprint density at radius 3 is 2.71 bits per heavy atom. The van der Waals surface area contributed by atoms with Gasteiger partial charge in [-0.1, -0.05) is 30.3 Å². The normalized spacial score (nSPS) is 22.6. The molecular formula is C17H18N2O4S. The van der Waals surface area contributed by atoms with Gasteiger partial charge in [-0.2, -0.15) is 0 Å². The molecule has 1 aromatic carbocycles. The predicted octanol–water partition coefficient (Wildman–Crippen LogP) is 1.08. The molecule has 2 aliphatic heterocycles. The largest absolute Gasteiger partial charge is 0.464 e. The standard InChI is InChI=1S/C17H18N2O4S/c1-10-9-24-16-13(15(21)19(16)14(10)17(22)23-2)18-12(20)8-11-6-4-3-5-7-11/h3-7,13,16H,8-9H2,1-2H3,(H,18,20). The van der Waals surface area contributed by atoms with E-state index in [-0.39, 0.29) is 23.6 Å². The lowest BCUT2D eigenvalue weighted by atomic mass is 10.0. The summed E-state index contributed by atoms with van der Waals surface area (Å²) in [5, 5.41) is 2.53. The van der Waals surface area contributed by atoms with Crippen LogP contribution in [0.15, 0.2) is 41.6 Å². The molecule has 2 heterocycles. The van der Waals surface area contributed by atoms with Crippen molar-refractivity contribution in [3.05, 3.63) is 47.2 Å². The van der Waals surface area contributed by atoms with E-state index in [0.29, 0.717) is 11.4 Å². The first-order chi connectivity index (χ1) is 11.5. The van der Waals surface area contributed by atoms with E-state index in [2.05, 4.69) is 5.32 Å². The Morgan fingerprint density at radius 1 is 1.33 bits per heavy atom. The third-order valence-electron chi connectivity index (χ3n) is 4.06. The van der Waals surface area contributed by atoms with E-state index in [1.807, 2.05) is 37.3 Å². The zero-order valence-electron chi connectivity index (χ0n) is 13.4. The number of amides is 2. The lowest BCUT2D eigenvalue weighted by Crippen LogP contribution is -2.70. The predicted molar refractivity (Wildman–Crippen MR) is 89.9 cm³/mol. The van der Waals surface area contributed by atoms with Gasteiger partial charge in [0.15, 0.2) is 0 Å². The zero-order chi connectivity index (χ0) is 17.3. The number of fused-ring (bicyclic) bond motifs is 1. The number of thioether (sulfide) groups is 1. The maximum Gasteiger partial charge on any atom is 0.354 e. The number of β-lactam (4-membered cyclic amide) rings is 1. The van der Waals surface area contributed by atoms with Crippen LogP contribution in [0, 0.1) is 0 Å². The number of ether oxygens (including phenoxy) is 1. The highest BCUT2D eigenvalue weighted by Crippen LogP contribution is 2.40. The molecule has 2 aliphatic rings. The molecule has 0 saturated carbocycles. The topological polar surface area (TPSA) is 75.7 Å². The van der Waals surface area contributed by atoms with E-state index in [1.165, 1.54) is 23.8 Å². The van der Waals surface area contributed by atoms with Gasteiger partial charge in [0.05, 0.1) is 13.5 Å². The second-order valence-corrected chi connectivity index (χ2v) is 6.84. The third-order valence-corrected chi connectivity index (χ3v) is 5.49. The Morgan fingerprint density at radius 2 is 2.04 bits per heavy atom. The summed E-state index contributed by atoms with van der Waals surface area (Å²) in [6.07, 6.45) is 0.223. The highest BCUT2D eigenvalue weighted by molar-refractivity contribution is 8.00. The van der Waals surface area contributed by atoms with Crippen LogP contribution in [0.25, 0.3) is 0 Å². The fourth-order valence-corrected chi connectivity index (χ4v) is 4.16. The van der Waals surface area contributed by atoms with Gasteiger partial charge in [0.1, 0.15) is 17.1 Å². The average Bonchev–Trinajstić information content (AvgIpc) is 2.59. The van der Waals surface area contributed by atoms with Crippen molar-refractivity contribution in [3.63, 3.8) is 0 Å². The average molecular weight is 346 g/mol. The van der Waals surface area contributed by atoms with Crippen molar-refractivity contribution in [2.24, 2.45) is 0 Å². The van der Waals surface area contributed by atoms with E-state index < -0.39 is 12.0 Å². The fourth-order valence-electron chi connectivity index (χ4n) is 2.86. The molecular weight excluding hydrogens is 328 g/mol. The van der Waals surface area contributed by atoms with Gasteiger partial charge in [0, 0.05) is 5.75 Å². The molecule has 0 aliphatic carbocycles. The maximum atomic E-state index is 12.4. The van der Waals surface area contributed by atoms with Crippen LogP contribution in [-0.4, -0.2) is 47.0 Å². The van der Waals surface area contributed by atoms with Crippen molar-refractivity contribution in [1.29, 1.82) is 0 Å². The van der Waals surface area contributed by atoms with Gasteiger partial charge >= 0.3 is 5.97 Å². The molecule has 2 unspecified atom stereocenters. The number of rotatable bonds is 4. The van der Waals surface area contributed by atoms with Crippen LogP contribution in [0.3, 0.4) is 0 Å². The SMILES string of the molecule is COC(=O)C1=C(C)CSC2C(NC(=O)Cc3ccccc3)C(=O)N12. The summed E-state index contributed by atoms with van der Waals surface area (Å²) in [6.45, 7) is 1.81. The number of esters is 1. The molecule has 7 heteroatoms. The molecule has 1 saturated heterocycles. The van der Waals surface area contributed by atoms with Crippen LogP contribution in [0.5, 0.6) is 0 Å². The first-order valence-corrected chi connectivity index (χ1v) is 8.64. The molecule has 0 radical (unpaired) electrons. The summed E-state index contributed by atoms with van der Waals surface area (Å²) in [5.41, 5.74) is 2.01. The smallest absolute Gasteiger partial charge is 0.354 e. The number of methoxy groups -OCH3 is 1. The number of nitrogens with zero attached hydrogens (tertiary/aromatic N) is 1. The lowest BCUT2D eigenvalue weighted by molar-refractivity contribution is -0.151. The number of nitrogens with one attached hydrogen (secondary N) is 1. The minimum Gasteiger partial charge on any atom is -0.464 e. The van der Waals surface area contributed by atoms with Crippen molar-refractivity contribution in [1.82, 2.24) is 10.2 Å². The van der Waals surface area contributed by atoms with Crippen LogP contribution in [0.1, 0.15) is 12.5 Å². The minimum absolute atomic E-state index is 0.203. The summed E-state index contributed by atoms with van der Waals surface area (Å²) >= 11 is 1.54. The highest BCUT2D eigenvalue weighted by Gasteiger charge is 2.53. The van der Waals surface area contributed by atoms with Gasteiger partial charge in [-0.25, -0.2) is 4.79 Å². The van der Waals surface area contributed by atoms with Crippen LogP contribution >= 0.6 is 11.8 Å². The highest BCUT2D eigenvalue weighted by atomic mass is 32.2. The van der Waals surface area contributed by atoms with Gasteiger partial charge in [-0.3, -0.25) is 14.5 Å². The summed E-state index contributed by atoms with van der Waals surface area (Å²) in [6, 6.07) is 8.75. The monoisotopic (exact) mass is 346 g/mol. The van der Waals surface area contributed by atoms with Gasteiger partial charge in [-0.15, -0.1) is 11.8 Å². The van der Waals surface area contributed by atoms with Gasteiger partial charge in [0.25, 0.3) is 5.91 Å². The molecule has 2 atom stereocenters. The number of hydrogen-bond donors (Lipinski definition) is 1. The molecule has 24 heavy (non-hydrogen) atoms. The summed E-state index contributed by atoms with van der Waals surface area (Å²) in [7, 11) is 1.29. The number of carbonyl (C=O) groups excluding carboxylic acids is 3. The molecule has 1 fully saturated rings. The van der Waals surface area contributed by atoms with Crippen LogP contribution in [0.2, 0.25) is 0 Å². The van der Waals surface area contributed by atoms with E-state index in [4.69, 9.17) is 4.74 Å². The first-order valence-electron chi connectivity index (χ1n) is 7.59. The summed E-state index contributed by atoms with van der Waals surface area (Å²) in [4.78, 5) is 37.9.